The Morgan fingerprint density at radius 2 is 2.12 bits per heavy atom. The maximum Gasteiger partial charge on any atom is 0.437 e. The molecule has 0 saturated carbocycles. The van der Waals surface area contributed by atoms with Crippen molar-refractivity contribution in [2.45, 2.75) is 24.9 Å². The monoisotopic (exact) mass is 392 g/mol. The molecular formula is C15H15F3N2O5S. The van der Waals surface area contributed by atoms with Gasteiger partial charge >= 0.3 is 12.1 Å². The van der Waals surface area contributed by atoms with Crippen LogP contribution in [0, 0.1) is 5.92 Å². The lowest BCUT2D eigenvalue weighted by Gasteiger charge is -2.45. The van der Waals surface area contributed by atoms with E-state index in [1.807, 2.05) is 0 Å². The quantitative estimate of drug-likeness (QED) is 0.525. The number of thiocarbonyl (C=S) groups is 1. The molecule has 2 aliphatic heterocycles. The van der Waals surface area contributed by atoms with Crippen LogP contribution in [0.25, 0.3) is 0 Å². The summed E-state index contributed by atoms with van der Waals surface area (Å²) in [5.41, 5.74) is -3.35. The number of benzene rings is 1. The number of esters is 1. The fourth-order valence-electron chi connectivity index (χ4n) is 2.92. The number of fused-ring (bicyclic) bond motifs is 1. The van der Waals surface area contributed by atoms with Crippen molar-refractivity contribution < 1.29 is 37.3 Å². The lowest BCUT2D eigenvalue weighted by Crippen LogP contribution is -2.73. The topological polar surface area (TPSA) is 89.1 Å². The van der Waals surface area contributed by atoms with Crippen molar-refractivity contribution in [2.75, 3.05) is 13.4 Å². The first-order valence-electron chi connectivity index (χ1n) is 7.61. The van der Waals surface area contributed by atoms with E-state index in [2.05, 4.69) is 5.32 Å². The SMILES string of the molecule is CCOC(=O)[C@@H]1[C@H](c2ccc3c(c2)OCO3)NC(=S)N[C@]1(O)C(F)(F)F. The van der Waals surface area contributed by atoms with E-state index in [4.69, 9.17) is 26.4 Å². The number of aliphatic hydroxyl groups is 1. The van der Waals surface area contributed by atoms with Gasteiger partial charge in [-0.05, 0) is 36.8 Å². The maximum absolute atomic E-state index is 13.6. The number of halogens is 3. The summed E-state index contributed by atoms with van der Waals surface area (Å²) in [5.74, 6) is -2.54. The van der Waals surface area contributed by atoms with Gasteiger partial charge in [0, 0.05) is 0 Å². The first kappa shape index (κ1) is 18.5. The molecule has 0 spiro atoms. The lowest BCUT2D eigenvalue weighted by atomic mass is 9.82. The minimum atomic E-state index is -5.19. The Labute approximate surface area is 151 Å². The smallest absolute Gasteiger partial charge is 0.437 e. The highest BCUT2D eigenvalue weighted by molar-refractivity contribution is 7.80. The van der Waals surface area contributed by atoms with Gasteiger partial charge in [0.05, 0.1) is 12.6 Å². The molecule has 0 unspecified atom stereocenters. The highest BCUT2D eigenvalue weighted by Crippen LogP contribution is 2.44. The van der Waals surface area contributed by atoms with E-state index in [9.17, 15) is 23.1 Å². The Bertz CT molecular complexity index is 744. The third kappa shape index (κ3) is 3.01. The molecule has 11 heteroatoms. The molecule has 2 aliphatic rings. The van der Waals surface area contributed by atoms with Gasteiger partial charge in [-0.25, -0.2) is 0 Å². The molecule has 0 radical (unpaired) electrons. The first-order valence-corrected chi connectivity index (χ1v) is 8.02. The van der Waals surface area contributed by atoms with Crippen LogP contribution in [0.15, 0.2) is 18.2 Å². The predicted molar refractivity (Wildman–Crippen MR) is 85.3 cm³/mol. The molecule has 0 amide bonds. The number of rotatable bonds is 3. The van der Waals surface area contributed by atoms with Crippen molar-refractivity contribution in [2.24, 2.45) is 5.92 Å². The number of alkyl halides is 3. The average molecular weight is 392 g/mol. The molecule has 26 heavy (non-hydrogen) atoms. The Balaban J connectivity index is 2.08. The summed E-state index contributed by atoms with van der Waals surface area (Å²) in [5, 5.41) is 14.3. The van der Waals surface area contributed by atoms with Crippen LogP contribution in [-0.4, -0.2) is 41.5 Å². The minimum Gasteiger partial charge on any atom is -0.466 e. The third-order valence-corrected chi connectivity index (χ3v) is 4.32. The van der Waals surface area contributed by atoms with E-state index in [1.54, 1.807) is 5.32 Å². The largest absolute Gasteiger partial charge is 0.466 e. The summed E-state index contributed by atoms with van der Waals surface area (Å²) in [4.78, 5) is 12.3. The van der Waals surface area contributed by atoms with E-state index < -0.39 is 34.9 Å². The Morgan fingerprint density at radius 3 is 2.77 bits per heavy atom. The van der Waals surface area contributed by atoms with E-state index in [1.165, 1.54) is 25.1 Å². The van der Waals surface area contributed by atoms with Crippen molar-refractivity contribution in [3.8, 4) is 11.5 Å². The van der Waals surface area contributed by atoms with Crippen molar-refractivity contribution in [1.82, 2.24) is 10.6 Å². The highest BCUT2D eigenvalue weighted by atomic mass is 32.1. The number of nitrogens with one attached hydrogen (secondary N) is 2. The zero-order valence-electron chi connectivity index (χ0n) is 13.4. The molecule has 2 heterocycles. The Hall–Kier alpha value is -2.27. The van der Waals surface area contributed by atoms with Gasteiger partial charge in [0.25, 0.3) is 5.72 Å². The molecule has 142 valence electrons. The van der Waals surface area contributed by atoms with Crippen molar-refractivity contribution in [3.63, 3.8) is 0 Å². The van der Waals surface area contributed by atoms with Gasteiger partial charge in [0.1, 0.15) is 5.92 Å². The number of carbonyl (C=O) groups is 1. The van der Waals surface area contributed by atoms with Gasteiger partial charge in [-0.3, -0.25) is 4.79 Å². The summed E-state index contributed by atoms with van der Waals surface area (Å²) in [6.07, 6.45) is -5.19. The molecule has 3 N–H and O–H groups in total. The minimum absolute atomic E-state index is 0.0232. The van der Waals surface area contributed by atoms with E-state index in [0.29, 0.717) is 11.5 Å². The second kappa shape index (κ2) is 6.47. The van der Waals surface area contributed by atoms with E-state index in [0.717, 1.165) is 0 Å². The molecule has 1 aromatic carbocycles. The van der Waals surface area contributed by atoms with Crippen LogP contribution in [0.2, 0.25) is 0 Å². The number of hydrogen-bond donors (Lipinski definition) is 3. The summed E-state index contributed by atoms with van der Waals surface area (Å²) in [6, 6.07) is 3.09. The van der Waals surface area contributed by atoms with Gasteiger partial charge in [0.2, 0.25) is 6.79 Å². The second-order valence-corrected chi connectivity index (χ2v) is 6.09. The van der Waals surface area contributed by atoms with E-state index in [-0.39, 0.29) is 19.0 Å². The van der Waals surface area contributed by atoms with Crippen LogP contribution in [-0.2, 0) is 9.53 Å². The Morgan fingerprint density at radius 1 is 1.42 bits per heavy atom. The number of carbonyl (C=O) groups excluding carboxylic acids is 1. The fraction of sp³-hybridized carbons (Fsp3) is 0.467. The maximum atomic E-state index is 13.6. The third-order valence-electron chi connectivity index (χ3n) is 4.10. The molecule has 3 atom stereocenters. The number of hydrogen-bond acceptors (Lipinski definition) is 6. The lowest BCUT2D eigenvalue weighted by molar-refractivity contribution is -0.292. The zero-order valence-corrected chi connectivity index (χ0v) is 14.2. The van der Waals surface area contributed by atoms with Crippen LogP contribution < -0.4 is 20.1 Å². The molecule has 0 aliphatic carbocycles. The standard InChI is InChI=1S/C15H15F3N2O5S/c1-2-23-12(21)10-11(7-3-4-8-9(5-7)25-6-24-8)19-13(26)20-14(10,22)15(16,17)18/h3-5,10-11,22H,2,6H2,1H3,(H2,19,20,26)/t10-,11-,14+/m0/s1. The van der Waals surface area contributed by atoms with Crippen LogP contribution in [0.1, 0.15) is 18.5 Å². The van der Waals surface area contributed by atoms with Crippen LogP contribution in [0.3, 0.4) is 0 Å². The van der Waals surface area contributed by atoms with Crippen molar-refractivity contribution in [3.05, 3.63) is 23.8 Å². The van der Waals surface area contributed by atoms with Gasteiger partial charge < -0.3 is 30.0 Å². The Kier molecular flexibility index (Phi) is 4.61. The summed E-state index contributed by atoms with van der Waals surface area (Å²) in [7, 11) is 0. The summed E-state index contributed by atoms with van der Waals surface area (Å²) < 4.78 is 56.0. The van der Waals surface area contributed by atoms with Crippen LogP contribution in [0.4, 0.5) is 13.2 Å². The second-order valence-electron chi connectivity index (χ2n) is 5.68. The molecule has 0 bridgehead atoms. The van der Waals surface area contributed by atoms with E-state index >= 15 is 0 Å². The number of ether oxygens (including phenoxy) is 3. The first-order chi connectivity index (χ1) is 12.2. The normalized spacial score (nSPS) is 27.5. The fourth-order valence-corrected chi connectivity index (χ4v) is 3.20. The molecular weight excluding hydrogens is 377 g/mol. The van der Waals surface area contributed by atoms with Gasteiger partial charge in [0.15, 0.2) is 16.6 Å². The zero-order chi connectivity index (χ0) is 19.1. The van der Waals surface area contributed by atoms with Crippen molar-refractivity contribution in [1.29, 1.82) is 0 Å². The molecule has 7 nitrogen and oxygen atoms in total. The van der Waals surface area contributed by atoms with Gasteiger partial charge in [-0.2, -0.15) is 13.2 Å². The van der Waals surface area contributed by atoms with Crippen LogP contribution in [0.5, 0.6) is 11.5 Å². The highest BCUT2D eigenvalue weighted by Gasteiger charge is 2.66. The molecule has 1 saturated heterocycles. The van der Waals surface area contributed by atoms with Crippen LogP contribution >= 0.6 is 12.2 Å². The predicted octanol–water partition coefficient (Wildman–Crippen LogP) is 1.36. The molecule has 1 aromatic rings. The molecule has 3 rings (SSSR count). The summed E-state index contributed by atoms with van der Waals surface area (Å²) in [6.45, 7) is 1.28. The van der Waals surface area contributed by atoms with Crippen molar-refractivity contribution >= 4 is 23.3 Å². The van der Waals surface area contributed by atoms with Gasteiger partial charge in [-0.15, -0.1) is 0 Å². The average Bonchev–Trinajstić information content (AvgIpc) is 3.00. The molecule has 0 aromatic heterocycles. The molecule has 1 fully saturated rings. The summed E-state index contributed by atoms with van der Waals surface area (Å²) >= 11 is 4.81. The van der Waals surface area contributed by atoms with Gasteiger partial charge in [-0.1, -0.05) is 6.07 Å².